The zero-order valence-electron chi connectivity index (χ0n) is 11.4. The zero-order chi connectivity index (χ0) is 15.6. The van der Waals surface area contributed by atoms with Gasteiger partial charge in [-0.05, 0) is 37.4 Å². The van der Waals surface area contributed by atoms with E-state index in [4.69, 9.17) is 12.2 Å². The molecule has 1 fully saturated rings. The molecule has 1 heterocycles. The van der Waals surface area contributed by atoms with Gasteiger partial charge in [-0.2, -0.15) is 0 Å². The molecular formula is C15H13FN2O2S. The van der Waals surface area contributed by atoms with Crippen LogP contribution in [0.25, 0.3) is 6.08 Å². The fraction of sp³-hybridized carbons (Fsp3) is 0.133. The second kappa shape index (κ2) is 5.97. The Hall–Kier alpha value is -2.34. The number of thiocarbonyl (C=S) groups is 1. The van der Waals surface area contributed by atoms with E-state index in [0.717, 1.165) is 5.56 Å². The van der Waals surface area contributed by atoms with Gasteiger partial charge in [0.2, 0.25) is 0 Å². The molecule has 1 aliphatic rings. The average molecular weight is 304 g/mol. The number of hydrogen-bond acceptors (Lipinski definition) is 3. The van der Waals surface area contributed by atoms with Crippen molar-refractivity contribution in [3.63, 3.8) is 0 Å². The summed E-state index contributed by atoms with van der Waals surface area (Å²) in [5.41, 5.74) is 0.847. The standard InChI is InChI=1S/C15H13FN2O2S/c1-3-6-18-14(20)11(13(19)17-15(18)21)8-10-7-9(2)4-5-12(10)16/h3-5,7-8H,1,6H2,2H3,(H,17,19,21). The molecule has 6 heteroatoms. The van der Waals surface area contributed by atoms with Crippen molar-refractivity contribution in [3.05, 3.63) is 53.4 Å². The van der Waals surface area contributed by atoms with E-state index in [0.29, 0.717) is 0 Å². The predicted octanol–water partition coefficient (Wildman–Crippen LogP) is 1.95. The van der Waals surface area contributed by atoms with Crippen LogP contribution < -0.4 is 5.32 Å². The first-order chi connectivity index (χ1) is 9.93. The second-order valence-corrected chi connectivity index (χ2v) is 4.93. The van der Waals surface area contributed by atoms with Crippen molar-refractivity contribution in [2.75, 3.05) is 6.54 Å². The third kappa shape index (κ3) is 3.05. The van der Waals surface area contributed by atoms with E-state index in [1.807, 2.05) is 0 Å². The van der Waals surface area contributed by atoms with Crippen molar-refractivity contribution >= 4 is 35.2 Å². The average Bonchev–Trinajstić information content (AvgIpc) is 2.43. The lowest BCUT2D eigenvalue weighted by atomic mass is 10.1. The highest BCUT2D eigenvalue weighted by Gasteiger charge is 2.32. The number of hydrogen-bond donors (Lipinski definition) is 1. The molecule has 21 heavy (non-hydrogen) atoms. The van der Waals surface area contributed by atoms with Gasteiger partial charge in [0.15, 0.2) is 5.11 Å². The maximum atomic E-state index is 13.8. The summed E-state index contributed by atoms with van der Waals surface area (Å²) in [4.78, 5) is 25.4. The maximum absolute atomic E-state index is 13.8. The number of rotatable bonds is 3. The summed E-state index contributed by atoms with van der Waals surface area (Å²) in [7, 11) is 0. The van der Waals surface area contributed by atoms with E-state index in [-0.39, 0.29) is 22.8 Å². The van der Waals surface area contributed by atoms with Crippen LogP contribution in [0.5, 0.6) is 0 Å². The Morgan fingerprint density at radius 1 is 1.43 bits per heavy atom. The molecule has 1 N–H and O–H groups in total. The lowest BCUT2D eigenvalue weighted by Crippen LogP contribution is -2.53. The fourth-order valence-corrected chi connectivity index (χ4v) is 2.17. The summed E-state index contributed by atoms with van der Waals surface area (Å²) in [5, 5.41) is 2.43. The predicted molar refractivity (Wildman–Crippen MR) is 81.8 cm³/mol. The lowest BCUT2D eigenvalue weighted by molar-refractivity contribution is -0.128. The number of nitrogens with zero attached hydrogens (tertiary/aromatic N) is 1. The molecule has 2 rings (SSSR count). The molecule has 1 aliphatic heterocycles. The molecule has 0 radical (unpaired) electrons. The number of halogens is 1. The van der Waals surface area contributed by atoms with Crippen LogP contribution >= 0.6 is 12.2 Å². The fourth-order valence-electron chi connectivity index (χ4n) is 1.92. The highest BCUT2D eigenvalue weighted by molar-refractivity contribution is 7.80. The molecule has 0 unspecified atom stereocenters. The van der Waals surface area contributed by atoms with Gasteiger partial charge in [-0.3, -0.25) is 19.8 Å². The third-order valence-corrected chi connectivity index (χ3v) is 3.27. The quantitative estimate of drug-likeness (QED) is 0.402. The van der Waals surface area contributed by atoms with Gasteiger partial charge in [0.25, 0.3) is 11.8 Å². The van der Waals surface area contributed by atoms with E-state index in [2.05, 4.69) is 11.9 Å². The van der Waals surface area contributed by atoms with Crippen molar-refractivity contribution in [1.29, 1.82) is 0 Å². The van der Waals surface area contributed by atoms with Crippen LogP contribution in [-0.2, 0) is 9.59 Å². The smallest absolute Gasteiger partial charge is 0.265 e. The Labute approximate surface area is 126 Å². The van der Waals surface area contributed by atoms with Gasteiger partial charge in [-0.15, -0.1) is 6.58 Å². The lowest BCUT2D eigenvalue weighted by Gasteiger charge is -2.27. The SMILES string of the molecule is C=CCN1C(=O)C(=Cc2cc(C)ccc2F)C(=O)NC1=S. The van der Waals surface area contributed by atoms with Crippen molar-refractivity contribution in [2.45, 2.75) is 6.92 Å². The van der Waals surface area contributed by atoms with Gasteiger partial charge in [-0.25, -0.2) is 4.39 Å². The van der Waals surface area contributed by atoms with Crippen molar-refractivity contribution in [1.82, 2.24) is 10.2 Å². The minimum Gasteiger partial charge on any atom is -0.298 e. The monoisotopic (exact) mass is 304 g/mol. The summed E-state index contributed by atoms with van der Waals surface area (Å²) in [6, 6.07) is 4.46. The summed E-state index contributed by atoms with van der Waals surface area (Å²) in [6.45, 7) is 5.50. The van der Waals surface area contributed by atoms with Gasteiger partial charge in [0.1, 0.15) is 11.4 Å². The van der Waals surface area contributed by atoms with Crippen molar-refractivity contribution < 1.29 is 14.0 Å². The summed E-state index contributed by atoms with van der Waals surface area (Å²) < 4.78 is 13.8. The van der Waals surface area contributed by atoms with Crippen molar-refractivity contribution in [3.8, 4) is 0 Å². The largest absolute Gasteiger partial charge is 0.298 e. The first-order valence-electron chi connectivity index (χ1n) is 6.20. The van der Waals surface area contributed by atoms with Gasteiger partial charge < -0.3 is 0 Å². The highest BCUT2D eigenvalue weighted by atomic mass is 32.1. The molecule has 0 aromatic heterocycles. The van der Waals surface area contributed by atoms with Crippen LogP contribution in [0, 0.1) is 12.7 Å². The first kappa shape index (κ1) is 15.1. The molecule has 1 aromatic carbocycles. The molecule has 0 saturated carbocycles. The second-order valence-electron chi connectivity index (χ2n) is 4.55. The van der Waals surface area contributed by atoms with Crippen LogP contribution in [0.3, 0.4) is 0 Å². The van der Waals surface area contributed by atoms with Crippen LogP contribution in [0.1, 0.15) is 11.1 Å². The summed E-state index contributed by atoms with van der Waals surface area (Å²) in [6.07, 6.45) is 2.73. The number of carbonyl (C=O) groups is 2. The first-order valence-corrected chi connectivity index (χ1v) is 6.60. The molecule has 2 amide bonds. The molecule has 1 aromatic rings. The van der Waals surface area contributed by atoms with E-state index in [9.17, 15) is 14.0 Å². The molecule has 4 nitrogen and oxygen atoms in total. The summed E-state index contributed by atoms with van der Waals surface area (Å²) >= 11 is 4.93. The number of amides is 2. The Kier molecular flexibility index (Phi) is 4.28. The van der Waals surface area contributed by atoms with Crippen molar-refractivity contribution in [2.24, 2.45) is 0 Å². The van der Waals surface area contributed by atoms with Gasteiger partial charge in [0, 0.05) is 12.1 Å². The van der Waals surface area contributed by atoms with E-state index in [1.165, 1.54) is 23.1 Å². The third-order valence-electron chi connectivity index (χ3n) is 2.95. The van der Waals surface area contributed by atoms with Gasteiger partial charge >= 0.3 is 0 Å². The van der Waals surface area contributed by atoms with E-state index in [1.54, 1.807) is 19.1 Å². The molecular weight excluding hydrogens is 291 g/mol. The van der Waals surface area contributed by atoms with Crippen LogP contribution in [0.4, 0.5) is 4.39 Å². The molecule has 0 spiro atoms. The molecule has 0 aliphatic carbocycles. The molecule has 108 valence electrons. The number of aryl methyl sites for hydroxylation is 1. The summed E-state index contributed by atoms with van der Waals surface area (Å²) in [5.74, 6) is -1.70. The molecule has 0 bridgehead atoms. The minimum atomic E-state index is -0.633. The number of carbonyl (C=O) groups excluding carboxylic acids is 2. The maximum Gasteiger partial charge on any atom is 0.265 e. The highest BCUT2D eigenvalue weighted by Crippen LogP contribution is 2.18. The Balaban J connectivity index is 2.45. The Bertz CT molecular complexity index is 682. The van der Waals surface area contributed by atoms with Crippen LogP contribution in [0.15, 0.2) is 36.4 Å². The van der Waals surface area contributed by atoms with E-state index >= 15 is 0 Å². The Morgan fingerprint density at radius 3 is 2.81 bits per heavy atom. The number of benzene rings is 1. The van der Waals surface area contributed by atoms with Crippen LogP contribution in [-0.4, -0.2) is 28.4 Å². The zero-order valence-corrected chi connectivity index (χ0v) is 12.2. The minimum absolute atomic E-state index is 0.0202. The van der Waals surface area contributed by atoms with Gasteiger partial charge in [0.05, 0.1) is 0 Å². The van der Waals surface area contributed by atoms with Crippen LogP contribution in [0.2, 0.25) is 0 Å². The van der Waals surface area contributed by atoms with E-state index < -0.39 is 17.6 Å². The number of nitrogens with one attached hydrogen (secondary N) is 1. The van der Waals surface area contributed by atoms with Gasteiger partial charge in [-0.1, -0.05) is 17.7 Å². The molecule has 0 atom stereocenters. The Morgan fingerprint density at radius 2 is 2.14 bits per heavy atom. The topological polar surface area (TPSA) is 49.4 Å². The normalized spacial score (nSPS) is 17.1. The molecule has 1 saturated heterocycles.